The van der Waals surface area contributed by atoms with Crippen LogP contribution in [0.5, 0.6) is 0 Å². The highest BCUT2D eigenvalue weighted by molar-refractivity contribution is 6.05. The highest BCUT2D eigenvalue weighted by atomic mass is 15.0. The summed E-state index contributed by atoms with van der Waals surface area (Å²) in [5.41, 5.74) is 120. The van der Waals surface area contributed by atoms with E-state index in [-0.39, 0.29) is 0 Å². The molecule has 0 unspecified atom stereocenters. The van der Waals surface area contributed by atoms with Crippen LogP contribution in [0.2, 0.25) is 0 Å². The summed E-state index contributed by atoms with van der Waals surface area (Å²) in [6, 6.07) is 41.2. The number of nitrogens with one attached hydrogen (secondary N) is 8. The van der Waals surface area contributed by atoms with E-state index in [1.807, 2.05) is 66.7 Å². The lowest BCUT2D eigenvalue weighted by Crippen LogP contribution is -1.95. The van der Waals surface area contributed by atoms with Crippen molar-refractivity contribution in [3.8, 4) is 0 Å². The van der Waals surface area contributed by atoms with Crippen molar-refractivity contribution >= 4 is 166 Å². The van der Waals surface area contributed by atoms with Gasteiger partial charge >= 0.3 is 0 Å². The molecule has 20 rings (SSSR count). The van der Waals surface area contributed by atoms with Crippen LogP contribution in [-0.4, -0.2) is 49.0 Å². The Hall–Kier alpha value is -14.4. The molecule has 0 fully saturated rings. The third kappa shape index (κ3) is 22.5. The number of aryl methyl sites for hydroxylation is 27. The summed E-state index contributed by atoms with van der Waals surface area (Å²) < 4.78 is 4.53. The molecule has 0 aliphatic rings. The molecule has 10 heterocycles. The first-order valence-corrected chi connectivity index (χ1v) is 53.2. The van der Waals surface area contributed by atoms with E-state index < -0.39 is 0 Å². The van der Waals surface area contributed by atoms with Crippen molar-refractivity contribution in [1.29, 1.82) is 0 Å². The standard InChI is InChI=1S/2C14H20N2.4C13H18N2.3C12H16N2.C11H14N2/c1-5-10-9(4)16-14-11(8(2)3)6-7-12(15)13(10)14;1-5-10-7-8-12(15)13-11(6-2)9(3)16(4)14(10)13;2*1-7(2)10-5-6-11(14)12-8(3)9(4)15-13(10)12;1-5-10-6-7-11(14)12-8(2)9(3)15(4)13(10)12;1-4-9-6-7-11(14)12-10(5-2)8(3)15-13(9)12;2*1-4-9-5-6-10(13)11-7(2)8(3)14-12(9)11;1-4-9-8(3)14-12-7(2)5-6-10(13)11(9)12;1-6-4-5-9(12)10-7(2)8(3)13-11(6)10/h6-8,16H,5,15H2,1-4H3;7-8H,5-6,15H2,1-4H3;2*5-7,15H,14H2,1-4H3;6-7H,5,14H2,1-4H3;6-7,15H,4-5,14H2,1-3H3;3*5-6,14H,4,13H2,1-3H3;4-5,13H,12H2,1-3H3. The summed E-state index contributed by atoms with van der Waals surface area (Å²) in [7, 11) is 4.25. The van der Waals surface area contributed by atoms with Gasteiger partial charge in [0.05, 0.1) is 55.2 Å². The van der Waals surface area contributed by atoms with Gasteiger partial charge in [0.15, 0.2) is 0 Å². The molecule has 10 aromatic carbocycles. The average molecular weight is 1980 g/mol. The van der Waals surface area contributed by atoms with E-state index >= 15 is 0 Å². The minimum Gasteiger partial charge on any atom is -0.398 e. The fraction of sp³-hybridized carbons (Fsp3) is 0.370. The Kier molecular flexibility index (Phi) is 36.4. The lowest BCUT2D eigenvalue weighted by atomic mass is 9.98. The number of hydrogen-bond acceptors (Lipinski definition) is 10. The fourth-order valence-electron chi connectivity index (χ4n) is 21.8. The second-order valence-electron chi connectivity index (χ2n) is 41.3. The minimum absolute atomic E-state index is 0.519. The van der Waals surface area contributed by atoms with Gasteiger partial charge in [-0.15, -0.1) is 0 Å². The van der Waals surface area contributed by atoms with E-state index in [2.05, 4.69) is 346 Å². The maximum absolute atomic E-state index is 6.13. The number of nitrogens with two attached hydrogens (primary N) is 10. The van der Waals surface area contributed by atoms with Gasteiger partial charge in [-0.05, 0) is 372 Å². The van der Waals surface area contributed by atoms with Crippen LogP contribution in [0.25, 0.3) is 109 Å². The number of nitrogen functional groups attached to an aromatic ring is 10. The molecule has 28 N–H and O–H groups in total. The second-order valence-corrected chi connectivity index (χ2v) is 41.3. The highest BCUT2D eigenvalue weighted by Gasteiger charge is 2.23. The Morgan fingerprint density at radius 1 is 0.197 bits per heavy atom. The minimum atomic E-state index is 0.519. The number of anilines is 10. The largest absolute Gasteiger partial charge is 0.398 e. The van der Waals surface area contributed by atoms with Crippen LogP contribution in [-0.2, 0) is 71.9 Å². The van der Waals surface area contributed by atoms with E-state index in [1.54, 1.807) is 0 Å². The van der Waals surface area contributed by atoms with Gasteiger partial charge in [0.25, 0.3) is 0 Å². The summed E-state index contributed by atoms with van der Waals surface area (Å²) in [4.78, 5) is 27.4. The molecule has 147 heavy (non-hydrogen) atoms. The molecule has 0 saturated heterocycles. The summed E-state index contributed by atoms with van der Waals surface area (Å²) in [6.45, 7) is 70.9. The third-order valence-corrected chi connectivity index (χ3v) is 31.2. The molecule has 0 atom stereocenters. The summed E-state index contributed by atoms with van der Waals surface area (Å²) in [6.07, 6.45) is 9.35. The maximum atomic E-state index is 6.13. The third-order valence-electron chi connectivity index (χ3n) is 31.2. The van der Waals surface area contributed by atoms with Crippen molar-refractivity contribution < 1.29 is 0 Å². The molecule has 0 amide bonds. The fourth-order valence-corrected chi connectivity index (χ4v) is 21.8. The van der Waals surface area contributed by atoms with Gasteiger partial charge in [-0.1, -0.05) is 165 Å². The lowest BCUT2D eigenvalue weighted by molar-refractivity contribution is 0.873. The Morgan fingerprint density at radius 2 is 0.401 bits per heavy atom. The van der Waals surface area contributed by atoms with E-state index in [4.69, 9.17) is 57.3 Å². The number of hydrogen-bond donors (Lipinski definition) is 18. The Bertz CT molecular complexity index is 7950. The molecule has 0 saturated carbocycles. The van der Waals surface area contributed by atoms with Crippen molar-refractivity contribution in [2.45, 2.75) is 304 Å². The maximum Gasteiger partial charge on any atom is 0.0536 e. The molecular formula is C127H174N20. The quantitative estimate of drug-likeness (QED) is 0.0513. The molecule has 0 bridgehead atoms. The smallest absolute Gasteiger partial charge is 0.0536 e. The van der Waals surface area contributed by atoms with Crippen LogP contribution in [0.4, 0.5) is 56.9 Å². The first-order valence-electron chi connectivity index (χ1n) is 53.2. The molecule has 10 aromatic heterocycles. The van der Waals surface area contributed by atoms with E-state index in [9.17, 15) is 0 Å². The zero-order chi connectivity index (χ0) is 109. The van der Waals surface area contributed by atoms with Gasteiger partial charge in [0, 0.05) is 182 Å². The van der Waals surface area contributed by atoms with Crippen molar-refractivity contribution in [2.24, 2.45) is 14.1 Å². The Labute approximate surface area is 874 Å². The number of benzene rings is 10. The number of rotatable bonds is 12. The van der Waals surface area contributed by atoms with Crippen molar-refractivity contribution in [3.05, 3.63) is 290 Å². The van der Waals surface area contributed by atoms with Crippen molar-refractivity contribution in [1.82, 2.24) is 49.0 Å². The molecule has 782 valence electrons. The summed E-state index contributed by atoms with van der Waals surface area (Å²) >= 11 is 0. The molecule has 0 aliphatic heterocycles. The van der Waals surface area contributed by atoms with Crippen LogP contribution in [0.3, 0.4) is 0 Å². The zero-order valence-electron chi connectivity index (χ0n) is 95.3. The average Bonchev–Trinajstić information content (AvgIpc) is 1.60. The Balaban J connectivity index is 0.000000155. The number of aromatic nitrogens is 10. The first-order chi connectivity index (χ1) is 69.5. The Morgan fingerprint density at radius 3 is 0.714 bits per heavy atom. The van der Waals surface area contributed by atoms with Gasteiger partial charge in [-0.3, -0.25) is 0 Å². The highest BCUT2D eigenvalue weighted by Crippen LogP contribution is 2.42. The first kappa shape index (κ1) is 113. The molecule has 20 aromatic rings. The number of H-pyrrole nitrogens is 8. The molecular weight excluding hydrogens is 1810 g/mol. The zero-order valence-corrected chi connectivity index (χ0v) is 95.3. The number of fused-ring (bicyclic) bond motifs is 10. The topological polar surface area (TPSA) is 396 Å². The van der Waals surface area contributed by atoms with Gasteiger partial charge in [0.1, 0.15) is 0 Å². The number of nitrogens with zero attached hydrogens (tertiary/aromatic N) is 2. The lowest BCUT2D eigenvalue weighted by Gasteiger charge is -2.09. The van der Waals surface area contributed by atoms with Crippen LogP contribution < -0.4 is 57.3 Å². The SMILES string of the molecule is CCc1c(C)[nH]c2c(C(C)C)ccc(N)c12.CCc1c(C)[nH]c2c(C)ccc(N)c12.CCc1c(C)n(C)c2c(CC)ccc(N)c12.CCc1ccc(N)c2c(C)c(C)[nH]c12.CCc1ccc(N)c2c(C)c(C)[nH]c12.CCc1ccc(N)c2c(C)c(C)n(C)c12.CCc1ccc(N)c2c(CC)c(C)[nH]c12.Cc1[nH]c2c(C(C)C)ccc(N)c2c1C.Cc1[nH]c2c(C(C)C)ccc(N)c2c1C.Cc1[nH]c2c(C)ccc(N)c2c1C. The van der Waals surface area contributed by atoms with Gasteiger partial charge in [-0.2, -0.15) is 0 Å². The predicted molar refractivity (Wildman–Crippen MR) is 648 cm³/mol. The van der Waals surface area contributed by atoms with E-state index in [0.717, 1.165) is 115 Å². The van der Waals surface area contributed by atoms with Crippen LogP contribution in [0.15, 0.2) is 121 Å². The van der Waals surface area contributed by atoms with Crippen LogP contribution >= 0.6 is 0 Å². The second kappa shape index (κ2) is 47.4. The van der Waals surface area contributed by atoms with Crippen LogP contribution in [0.1, 0.15) is 290 Å². The van der Waals surface area contributed by atoms with Gasteiger partial charge in [-0.25, -0.2) is 0 Å². The summed E-state index contributed by atoms with van der Waals surface area (Å²) in [5.74, 6) is 1.56. The monoisotopic (exact) mass is 1980 g/mol. The predicted octanol–water partition coefficient (Wildman–Crippen LogP) is 31.5. The molecule has 20 nitrogen and oxygen atoms in total. The molecule has 0 radical (unpaired) electrons. The van der Waals surface area contributed by atoms with Crippen molar-refractivity contribution in [2.75, 3.05) is 57.3 Å². The molecule has 0 aliphatic carbocycles. The van der Waals surface area contributed by atoms with Gasteiger partial charge in [0.2, 0.25) is 0 Å². The number of aromatic amines is 8. The molecule has 0 spiro atoms. The van der Waals surface area contributed by atoms with E-state index in [0.29, 0.717) is 17.8 Å². The van der Waals surface area contributed by atoms with Crippen LogP contribution in [0, 0.1) is 125 Å². The molecule has 20 heteroatoms. The summed E-state index contributed by atoms with van der Waals surface area (Å²) in [5, 5.41) is 12.1. The normalized spacial score (nSPS) is 11.3. The van der Waals surface area contributed by atoms with Crippen molar-refractivity contribution in [3.63, 3.8) is 0 Å². The van der Waals surface area contributed by atoms with E-state index in [1.165, 1.54) is 277 Å². The van der Waals surface area contributed by atoms with Gasteiger partial charge < -0.3 is 106 Å².